The highest BCUT2D eigenvalue weighted by Crippen LogP contribution is 2.22. The molecule has 0 bridgehead atoms. The molecule has 26 heavy (non-hydrogen) atoms. The molecule has 1 aromatic heterocycles. The van der Waals surface area contributed by atoms with E-state index in [2.05, 4.69) is 15.6 Å². The number of nitrogens with one attached hydrogen (secondary N) is 1. The fourth-order valence-corrected chi connectivity index (χ4v) is 2.90. The zero-order valence-electron chi connectivity index (χ0n) is 14.0. The van der Waals surface area contributed by atoms with E-state index in [9.17, 15) is 9.18 Å². The van der Waals surface area contributed by atoms with Crippen molar-refractivity contribution in [3.63, 3.8) is 0 Å². The van der Waals surface area contributed by atoms with Gasteiger partial charge in [0.1, 0.15) is 11.5 Å². The number of carbonyl (C=O) groups excluding carboxylic acids is 1. The number of nitrogens with zero attached hydrogens (tertiary/aromatic N) is 3. The molecule has 5 nitrogen and oxygen atoms in total. The van der Waals surface area contributed by atoms with Gasteiger partial charge in [0.15, 0.2) is 0 Å². The van der Waals surface area contributed by atoms with E-state index in [-0.39, 0.29) is 11.7 Å². The van der Waals surface area contributed by atoms with Gasteiger partial charge in [-0.3, -0.25) is 4.79 Å². The summed E-state index contributed by atoms with van der Waals surface area (Å²) in [7, 11) is 0. The molecule has 0 saturated carbocycles. The monoisotopic (exact) mass is 392 g/mol. The Bertz CT molecular complexity index is 934. The van der Waals surface area contributed by atoms with Crippen molar-refractivity contribution in [2.45, 2.75) is 19.4 Å². The third kappa shape index (κ3) is 4.03. The van der Waals surface area contributed by atoms with Crippen molar-refractivity contribution < 1.29 is 9.18 Å². The zero-order valence-corrected chi connectivity index (χ0v) is 15.5. The van der Waals surface area contributed by atoms with Crippen molar-refractivity contribution in [3.05, 3.63) is 75.8 Å². The second-order valence-electron chi connectivity index (χ2n) is 6.26. The molecule has 0 aliphatic heterocycles. The smallest absolute Gasteiger partial charge is 0.252 e. The molecular weight excluding hydrogens is 378 g/mol. The predicted octanol–water partition coefficient (Wildman–Crippen LogP) is 4.38. The molecule has 0 spiro atoms. The third-order valence-corrected chi connectivity index (χ3v) is 4.21. The van der Waals surface area contributed by atoms with Gasteiger partial charge in [-0.25, -0.2) is 9.07 Å². The zero-order chi connectivity index (χ0) is 18.9. The van der Waals surface area contributed by atoms with Gasteiger partial charge in [-0.05, 0) is 56.3 Å². The molecule has 0 unspecified atom stereocenters. The SMILES string of the molecule is CC(C)(NC(=O)c1cc(Cl)cc(Cl)c1)c1cn(-c2ccc(F)cc2)nn1. The molecule has 134 valence electrons. The lowest BCUT2D eigenvalue weighted by Crippen LogP contribution is -2.41. The van der Waals surface area contributed by atoms with Crippen LogP contribution in [0.1, 0.15) is 29.9 Å². The Morgan fingerprint density at radius 2 is 1.73 bits per heavy atom. The normalized spacial score (nSPS) is 11.4. The molecular formula is C18H15Cl2FN4O. The van der Waals surface area contributed by atoms with Crippen LogP contribution in [0, 0.1) is 5.82 Å². The fraction of sp³-hybridized carbons (Fsp3) is 0.167. The molecule has 0 aliphatic carbocycles. The fourth-order valence-electron chi connectivity index (χ4n) is 2.38. The van der Waals surface area contributed by atoms with E-state index in [1.54, 1.807) is 38.2 Å². The number of benzene rings is 2. The van der Waals surface area contributed by atoms with Crippen LogP contribution in [0.15, 0.2) is 48.7 Å². The first-order valence-electron chi connectivity index (χ1n) is 7.72. The van der Waals surface area contributed by atoms with Crippen LogP contribution in [0.3, 0.4) is 0 Å². The van der Waals surface area contributed by atoms with Crippen molar-refractivity contribution in [2.24, 2.45) is 0 Å². The lowest BCUT2D eigenvalue weighted by Gasteiger charge is -2.23. The van der Waals surface area contributed by atoms with Crippen LogP contribution in [0.5, 0.6) is 0 Å². The molecule has 1 amide bonds. The molecule has 1 heterocycles. The van der Waals surface area contributed by atoms with Gasteiger partial charge in [-0.2, -0.15) is 0 Å². The molecule has 2 aromatic carbocycles. The number of aromatic nitrogens is 3. The van der Waals surface area contributed by atoms with Crippen LogP contribution in [0.2, 0.25) is 10.0 Å². The van der Waals surface area contributed by atoms with E-state index in [4.69, 9.17) is 23.2 Å². The maximum atomic E-state index is 13.0. The number of carbonyl (C=O) groups is 1. The largest absolute Gasteiger partial charge is 0.341 e. The van der Waals surface area contributed by atoms with Crippen molar-refractivity contribution in [1.82, 2.24) is 20.3 Å². The standard InChI is InChI=1S/C18H15Cl2FN4O/c1-18(2,22-17(26)11-7-12(19)9-13(20)8-11)16-10-25(24-23-16)15-5-3-14(21)4-6-15/h3-10H,1-2H3,(H,22,26). The predicted molar refractivity (Wildman–Crippen MR) is 98.3 cm³/mol. The summed E-state index contributed by atoms with van der Waals surface area (Å²) in [4.78, 5) is 12.5. The number of halogens is 3. The summed E-state index contributed by atoms with van der Waals surface area (Å²) in [5.41, 5.74) is 0.753. The Hall–Kier alpha value is -2.44. The van der Waals surface area contributed by atoms with Crippen LogP contribution in [0.4, 0.5) is 4.39 Å². The van der Waals surface area contributed by atoms with E-state index >= 15 is 0 Å². The quantitative estimate of drug-likeness (QED) is 0.716. The van der Waals surface area contributed by atoms with Crippen LogP contribution in [0.25, 0.3) is 5.69 Å². The summed E-state index contributed by atoms with van der Waals surface area (Å²) >= 11 is 11.9. The van der Waals surface area contributed by atoms with Gasteiger partial charge in [0.05, 0.1) is 17.4 Å². The lowest BCUT2D eigenvalue weighted by atomic mass is 10.0. The average Bonchev–Trinajstić information content (AvgIpc) is 3.05. The maximum Gasteiger partial charge on any atom is 0.252 e. The van der Waals surface area contributed by atoms with Crippen LogP contribution >= 0.6 is 23.2 Å². The third-order valence-electron chi connectivity index (χ3n) is 3.78. The Balaban J connectivity index is 1.81. The van der Waals surface area contributed by atoms with Gasteiger partial charge < -0.3 is 5.32 Å². The molecule has 0 saturated heterocycles. The van der Waals surface area contributed by atoms with Crippen LogP contribution < -0.4 is 5.32 Å². The van der Waals surface area contributed by atoms with Crippen molar-refractivity contribution >= 4 is 29.1 Å². The summed E-state index contributed by atoms with van der Waals surface area (Å²) < 4.78 is 14.6. The molecule has 3 aromatic rings. The minimum absolute atomic E-state index is 0.332. The van der Waals surface area contributed by atoms with Crippen molar-refractivity contribution in [1.29, 1.82) is 0 Å². The summed E-state index contributed by atoms with van der Waals surface area (Å²) in [5.74, 6) is -0.669. The minimum atomic E-state index is -0.801. The van der Waals surface area contributed by atoms with Crippen molar-refractivity contribution in [2.75, 3.05) is 0 Å². The number of hydrogen-bond donors (Lipinski definition) is 1. The maximum absolute atomic E-state index is 13.0. The highest BCUT2D eigenvalue weighted by molar-refractivity contribution is 6.35. The average molecular weight is 393 g/mol. The lowest BCUT2D eigenvalue weighted by molar-refractivity contribution is 0.0910. The summed E-state index contributed by atoms with van der Waals surface area (Å²) in [6, 6.07) is 10.5. The van der Waals surface area contributed by atoms with Crippen LogP contribution in [-0.4, -0.2) is 20.9 Å². The summed E-state index contributed by atoms with van der Waals surface area (Å²) in [6.07, 6.45) is 1.68. The van der Waals surface area contributed by atoms with Crippen molar-refractivity contribution in [3.8, 4) is 5.69 Å². The summed E-state index contributed by atoms with van der Waals surface area (Å²) in [5, 5.41) is 11.8. The molecule has 0 atom stereocenters. The Morgan fingerprint density at radius 3 is 2.35 bits per heavy atom. The van der Waals surface area contributed by atoms with Gasteiger partial charge >= 0.3 is 0 Å². The first-order chi connectivity index (χ1) is 12.2. The van der Waals surface area contributed by atoms with Gasteiger partial charge in [-0.15, -0.1) is 5.10 Å². The Labute approximate surface area is 159 Å². The summed E-state index contributed by atoms with van der Waals surface area (Å²) in [6.45, 7) is 3.60. The molecule has 3 rings (SSSR count). The molecule has 0 fully saturated rings. The van der Waals surface area contributed by atoms with E-state index in [0.29, 0.717) is 27.0 Å². The minimum Gasteiger partial charge on any atom is -0.341 e. The van der Waals surface area contributed by atoms with Gasteiger partial charge in [0.25, 0.3) is 5.91 Å². The topological polar surface area (TPSA) is 59.8 Å². The molecule has 8 heteroatoms. The Morgan fingerprint density at radius 1 is 1.12 bits per heavy atom. The van der Waals surface area contributed by atoms with E-state index in [0.717, 1.165) is 0 Å². The second kappa shape index (κ2) is 7.05. The van der Waals surface area contributed by atoms with Gasteiger partial charge in [-0.1, -0.05) is 28.4 Å². The second-order valence-corrected chi connectivity index (χ2v) is 7.13. The van der Waals surface area contributed by atoms with E-state index in [1.807, 2.05) is 0 Å². The van der Waals surface area contributed by atoms with Gasteiger partial charge in [0.2, 0.25) is 0 Å². The first-order valence-corrected chi connectivity index (χ1v) is 8.47. The van der Waals surface area contributed by atoms with Gasteiger partial charge in [0, 0.05) is 15.6 Å². The molecule has 1 N–H and O–H groups in total. The molecule has 0 aliphatic rings. The first kappa shape index (κ1) is 18.4. The Kier molecular flexibility index (Phi) is 4.98. The molecule has 0 radical (unpaired) electrons. The highest BCUT2D eigenvalue weighted by atomic mass is 35.5. The van der Waals surface area contributed by atoms with Crippen LogP contribution in [-0.2, 0) is 5.54 Å². The number of amides is 1. The highest BCUT2D eigenvalue weighted by Gasteiger charge is 2.27. The number of rotatable bonds is 4. The number of hydrogen-bond acceptors (Lipinski definition) is 3. The van der Waals surface area contributed by atoms with E-state index in [1.165, 1.54) is 28.9 Å². The van der Waals surface area contributed by atoms with E-state index < -0.39 is 5.54 Å².